The predicted octanol–water partition coefficient (Wildman–Crippen LogP) is 1.20. The Kier molecular flexibility index (Phi) is 4.74. The van der Waals surface area contributed by atoms with E-state index in [2.05, 4.69) is 10.2 Å². The first kappa shape index (κ1) is 13.8. The lowest BCUT2D eigenvalue weighted by molar-refractivity contribution is -0.126. The molecule has 2 rings (SSSR count). The highest BCUT2D eigenvalue weighted by molar-refractivity contribution is 5.81. The number of carbonyl (C=O) groups excluding carboxylic acids is 2. The van der Waals surface area contributed by atoms with Gasteiger partial charge in [-0.25, -0.2) is 0 Å². The Hall–Kier alpha value is -1.62. The summed E-state index contributed by atoms with van der Waals surface area (Å²) in [5, 5.41) is 2.86. The molecule has 0 bridgehead atoms. The maximum absolute atomic E-state index is 12.0. The fourth-order valence-electron chi connectivity index (χ4n) is 2.34. The third-order valence-corrected chi connectivity index (χ3v) is 3.71. The highest BCUT2D eigenvalue weighted by Gasteiger charge is 2.26. The fraction of sp³-hybridized carbons (Fsp3) is 0.571. The molecule has 1 atom stereocenters. The summed E-state index contributed by atoms with van der Waals surface area (Å²) in [5.74, 6) is 0.913. The molecule has 1 saturated heterocycles. The van der Waals surface area contributed by atoms with Crippen LogP contribution in [-0.2, 0) is 16.1 Å². The summed E-state index contributed by atoms with van der Waals surface area (Å²) in [6.45, 7) is 3.93. The van der Waals surface area contributed by atoms with Crippen molar-refractivity contribution in [3.05, 3.63) is 24.2 Å². The largest absolute Gasteiger partial charge is 0.467 e. The second kappa shape index (κ2) is 6.52. The Balaban J connectivity index is 1.77. The second-order valence-electron chi connectivity index (χ2n) is 4.98. The minimum atomic E-state index is -0.164. The van der Waals surface area contributed by atoms with Crippen LogP contribution in [0.4, 0.5) is 0 Å². The molecule has 1 aromatic rings. The van der Waals surface area contributed by atoms with Crippen molar-refractivity contribution in [3.63, 3.8) is 0 Å². The highest BCUT2D eigenvalue weighted by Crippen LogP contribution is 2.17. The zero-order chi connectivity index (χ0) is 13.7. The van der Waals surface area contributed by atoms with Crippen LogP contribution in [0.1, 0.15) is 25.5 Å². The number of furan rings is 1. The molecule has 1 N–H and O–H groups in total. The third-order valence-electron chi connectivity index (χ3n) is 3.71. The molecule has 19 heavy (non-hydrogen) atoms. The number of likely N-dealkylation sites (tertiary alicyclic amines) is 1. The van der Waals surface area contributed by atoms with Crippen LogP contribution in [0.3, 0.4) is 0 Å². The summed E-state index contributed by atoms with van der Waals surface area (Å²) in [4.78, 5) is 24.8. The highest BCUT2D eigenvalue weighted by atomic mass is 16.3. The van der Waals surface area contributed by atoms with Gasteiger partial charge < -0.3 is 14.5 Å². The van der Waals surface area contributed by atoms with E-state index in [1.54, 1.807) is 12.3 Å². The number of piperidine rings is 1. The lowest BCUT2D eigenvalue weighted by atomic mass is 9.97. The first-order valence-corrected chi connectivity index (χ1v) is 6.70. The minimum Gasteiger partial charge on any atom is -0.467 e. The van der Waals surface area contributed by atoms with Crippen molar-refractivity contribution in [2.24, 2.45) is 5.92 Å². The third kappa shape index (κ3) is 3.67. The Labute approximate surface area is 113 Å². The van der Waals surface area contributed by atoms with Crippen LogP contribution in [0, 0.1) is 5.92 Å². The summed E-state index contributed by atoms with van der Waals surface area (Å²) in [7, 11) is 0. The van der Waals surface area contributed by atoms with E-state index in [-0.39, 0.29) is 17.9 Å². The Morgan fingerprint density at radius 1 is 1.58 bits per heavy atom. The van der Waals surface area contributed by atoms with Gasteiger partial charge in [0.25, 0.3) is 0 Å². The molecule has 5 nitrogen and oxygen atoms in total. The van der Waals surface area contributed by atoms with Crippen LogP contribution in [-0.4, -0.2) is 36.2 Å². The molecule has 1 aliphatic heterocycles. The van der Waals surface area contributed by atoms with Gasteiger partial charge in [0.15, 0.2) is 0 Å². The van der Waals surface area contributed by atoms with Crippen molar-refractivity contribution < 1.29 is 14.0 Å². The van der Waals surface area contributed by atoms with E-state index in [0.717, 1.165) is 38.0 Å². The van der Waals surface area contributed by atoms with Gasteiger partial charge >= 0.3 is 0 Å². The van der Waals surface area contributed by atoms with Crippen molar-refractivity contribution in [1.29, 1.82) is 0 Å². The smallest absolute Gasteiger partial charge is 0.237 e. The molecule has 1 aliphatic rings. The number of hydrogen-bond acceptors (Lipinski definition) is 4. The lowest BCUT2D eigenvalue weighted by Gasteiger charge is -2.33. The normalized spacial score (nSPS) is 19.0. The van der Waals surface area contributed by atoms with E-state index < -0.39 is 0 Å². The molecule has 0 spiro atoms. The molecular weight excluding hydrogens is 244 g/mol. The maximum atomic E-state index is 12.0. The maximum Gasteiger partial charge on any atom is 0.237 e. The van der Waals surface area contributed by atoms with Gasteiger partial charge in [-0.05, 0) is 45.0 Å². The first-order valence-electron chi connectivity index (χ1n) is 6.70. The van der Waals surface area contributed by atoms with Gasteiger partial charge in [-0.15, -0.1) is 0 Å². The van der Waals surface area contributed by atoms with Crippen molar-refractivity contribution in [2.45, 2.75) is 32.4 Å². The number of hydrogen-bond donors (Lipinski definition) is 1. The summed E-state index contributed by atoms with van der Waals surface area (Å²) >= 11 is 0. The van der Waals surface area contributed by atoms with Gasteiger partial charge in [-0.1, -0.05) is 0 Å². The van der Waals surface area contributed by atoms with Crippen molar-refractivity contribution in [1.82, 2.24) is 10.2 Å². The molecule has 5 heteroatoms. The van der Waals surface area contributed by atoms with E-state index >= 15 is 0 Å². The zero-order valence-corrected chi connectivity index (χ0v) is 11.2. The zero-order valence-electron chi connectivity index (χ0n) is 11.2. The second-order valence-corrected chi connectivity index (χ2v) is 4.98. The quantitative estimate of drug-likeness (QED) is 0.812. The van der Waals surface area contributed by atoms with E-state index in [9.17, 15) is 9.59 Å². The van der Waals surface area contributed by atoms with Gasteiger partial charge in [0, 0.05) is 5.92 Å². The average Bonchev–Trinajstić information content (AvgIpc) is 2.97. The van der Waals surface area contributed by atoms with E-state index in [0.29, 0.717) is 6.54 Å². The lowest BCUT2D eigenvalue weighted by Crippen LogP contribution is -2.48. The summed E-state index contributed by atoms with van der Waals surface area (Å²) in [6, 6.07) is 3.47. The molecule has 0 aromatic carbocycles. The van der Waals surface area contributed by atoms with E-state index in [1.165, 1.54) is 0 Å². The topological polar surface area (TPSA) is 62.6 Å². The van der Waals surface area contributed by atoms with Crippen LogP contribution in [0.15, 0.2) is 22.8 Å². The SMILES string of the molecule is CC(C(=O)NCc1ccco1)N1CCC(C=O)CC1. The molecule has 0 radical (unpaired) electrons. The molecular formula is C14H20N2O3. The molecule has 1 fully saturated rings. The minimum absolute atomic E-state index is 0.000882. The summed E-state index contributed by atoms with van der Waals surface area (Å²) < 4.78 is 5.17. The number of rotatable bonds is 5. The number of amides is 1. The van der Waals surface area contributed by atoms with Crippen molar-refractivity contribution in [3.8, 4) is 0 Å². The standard InChI is InChI=1S/C14H20N2O3/c1-11(16-6-4-12(10-17)5-7-16)14(18)15-9-13-3-2-8-19-13/h2-3,8,10-12H,4-7,9H2,1H3,(H,15,18). The molecule has 1 unspecified atom stereocenters. The van der Waals surface area contributed by atoms with Gasteiger partial charge in [-0.3, -0.25) is 9.69 Å². The van der Waals surface area contributed by atoms with Gasteiger partial charge in [-0.2, -0.15) is 0 Å². The Morgan fingerprint density at radius 2 is 2.32 bits per heavy atom. The molecule has 1 aromatic heterocycles. The van der Waals surface area contributed by atoms with Gasteiger partial charge in [0.05, 0.1) is 18.8 Å². The van der Waals surface area contributed by atoms with Gasteiger partial charge in [0.2, 0.25) is 5.91 Å². The Morgan fingerprint density at radius 3 is 2.89 bits per heavy atom. The number of nitrogens with one attached hydrogen (secondary N) is 1. The van der Waals surface area contributed by atoms with Crippen LogP contribution >= 0.6 is 0 Å². The molecule has 0 aliphatic carbocycles. The van der Waals surface area contributed by atoms with Crippen molar-refractivity contribution in [2.75, 3.05) is 13.1 Å². The molecule has 1 amide bonds. The van der Waals surface area contributed by atoms with Crippen LogP contribution < -0.4 is 5.32 Å². The van der Waals surface area contributed by atoms with E-state index in [1.807, 2.05) is 13.0 Å². The number of aldehydes is 1. The summed E-state index contributed by atoms with van der Waals surface area (Å²) in [6.07, 6.45) is 4.31. The van der Waals surface area contributed by atoms with Crippen molar-refractivity contribution >= 4 is 12.2 Å². The van der Waals surface area contributed by atoms with Crippen LogP contribution in [0.5, 0.6) is 0 Å². The Bertz CT molecular complexity index is 408. The van der Waals surface area contributed by atoms with Crippen LogP contribution in [0.2, 0.25) is 0 Å². The first-order chi connectivity index (χ1) is 9.20. The monoisotopic (exact) mass is 264 g/mol. The van der Waals surface area contributed by atoms with Gasteiger partial charge in [0.1, 0.15) is 12.0 Å². The van der Waals surface area contributed by atoms with Crippen LogP contribution in [0.25, 0.3) is 0 Å². The fourth-order valence-corrected chi connectivity index (χ4v) is 2.34. The van der Waals surface area contributed by atoms with E-state index in [4.69, 9.17) is 4.42 Å². The average molecular weight is 264 g/mol. The molecule has 0 saturated carbocycles. The predicted molar refractivity (Wildman–Crippen MR) is 70.4 cm³/mol. The summed E-state index contributed by atoms with van der Waals surface area (Å²) in [5.41, 5.74) is 0. The molecule has 2 heterocycles. The molecule has 104 valence electrons. The number of nitrogens with zero attached hydrogens (tertiary/aromatic N) is 1. The number of carbonyl (C=O) groups is 2.